The van der Waals surface area contributed by atoms with Crippen molar-refractivity contribution >= 4 is 25.5 Å². The van der Waals surface area contributed by atoms with Crippen molar-refractivity contribution in [3.63, 3.8) is 0 Å². The lowest BCUT2D eigenvalue weighted by Gasteiger charge is -2.21. The molecule has 0 radical (unpaired) electrons. The third kappa shape index (κ3) is 5.44. The standard InChI is InChI=1S/C21H29O3P/c1-14(2)13-19(25-6)17-11-7-10-16-15(17)9-8-12-18(16)23-20(22)24-21(3,4)5/h7-12,14,19,25H,13H2,1-6H3. The first-order valence-corrected chi connectivity index (χ1v) is 10.4. The zero-order valence-electron chi connectivity index (χ0n) is 16.1. The summed E-state index contributed by atoms with van der Waals surface area (Å²) >= 11 is 0. The van der Waals surface area contributed by atoms with E-state index in [-0.39, 0.29) is 0 Å². The van der Waals surface area contributed by atoms with Crippen molar-refractivity contribution in [1.82, 2.24) is 0 Å². The lowest BCUT2D eigenvalue weighted by molar-refractivity contribution is 0.0209. The minimum absolute atomic E-state index is 0.528. The molecule has 0 aromatic heterocycles. The van der Waals surface area contributed by atoms with Gasteiger partial charge in [0.05, 0.1) is 0 Å². The van der Waals surface area contributed by atoms with Gasteiger partial charge < -0.3 is 9.47 Å². The van der Waals surface area contributed by atoms with Gasteiger partial charge in [0, 0.05) is 11.0 Å². The van der Waals surface area contributed by atoms with Crippen LogP contribution in [0.1, 0.15) is 52.3 Å². The average Bonchev–Trinajstić information content (AvgIpc) is 2.50. The van der Waals surface area contributed by atoms with Crippen LogP contribution in [0.5, 0.6) is 5.75 Å². The quantitative estimate of drug-likeness (QED) is 0.344. The average molecular weight is 360 g/mol. The maximum absolute atomic E-state index is 12.0. The lowest BCUT2D eigenvalue weighted by Crippen LogP contribution is -2.26. The second-order valence-electron chi connectivity index (χ2n) is 7.74. The van der Waals surface area contributed by atoms with Crippen LogP contribution in [0, 0.1) is 5.92 Å². The van der Waals surface area contributed by atoms with Gasteiger partial charge in [0.1, 0.15) is 11.4 Å². The molecule has 0 aliphatic heterocycles. The van der Waals surface area contributed by atoms with Crippen LogP contribution < -0.4 is 4.74 Å². The number of fused-ring (bicyclic) bond motifs is 1. The predicted molar refractivity (Wildman–Crippen MR) is 107 cm³/mol. The van der Waals surface area contributed by atoms with Gasteiger partial charge in [-0.15, -0.1) is 8.58 Å². The monoisotopic (exact) mass is 360 g/mol. The van der Waals surface area contributed by atoms with Crippen LogP contribution in [-0.4, -0.2) is 18.4 Å². The fourth-order valence-electron chi connectivity index (χ4n) is 2.93. The molecule has 0 N–H and O–H groups in total. The van der Waals surface area contributed by atoms with Crippen molar-refractivity contribution in [2.75, 3.05) is 6.66 Å². The fourth-order valence-corrected chi connectivity index (χ4v) is 4.20. The van der Waals surface area contributed by atoms with Gasteiger partial charge in [-0.1, -0.05) is 44.2 Å². The summed E-state index contributed by atoms with van der Waals surface area (Å²) in [5.41, 5.74) is 1.29. The van der Waals surface area contributed by atoms with E-state index in [9.17, 15) is 4.79 Å². The Balaban J connectivity index is 2.39. The van der Waals surface area contributed by atoms with Crippen LogP contribution >= 0.6 is 8.58 Å². The Morgan fingerprint density at radius 2 is 1.72 bits per heavy atom. The number of rotatable bonds is 5. The van der Waals surface area contributed by atoms with Crippen molar-refractivity contribution in [1.29, 1.82) is 0 Å². The molecule has 0 amide bonds. The first kappa shape index (κ1) is 19.7. The third-order valence-electron chi connectivity index (χ3n) is 3.93. The molecule has 0 heterocycles. The molecule has 2 atom stereocenters. The summed E-state index contributed by atoms with van der Waals surface area (Å²) in [4.78, 5) is 12.0. The highest BCUT2D eigenvalue weighted by Gasteiger charge is 2.20. The Labute approximate surface area is 152 Å². The maximum Gasteiger partial charge on any atom is 0.514 e. The van der Waals surface area contributed by atoms with Crippen LogP contribution in [0.2, 0.25) is 0 Å². The molecule has 0 fully saturated rings. The summed E-state index contributed by atoms with van der Waals surface area (Å²) < 4.78 is 10.8. The molecular weight excluding hydrogens is 331 g/mol. The molecule has 2 aromatic carbocycles. The molecule has 2 rings (SSSR count). The second-order valence-corrected chi connectivity index (χ2v) is 9.01. The molecule has 3 nitrogen and oxygen atoms in total. The van der Waals surface area contributed by atoms with Gasteiger partial charge in [0.2, 0.25) is 0 Å². The van der Waals surface area contributed by atoms with E-state index in [1.165, 1.54) is 5.56 Å². The van der Waals surface area contributed by atoms with Gasteiger partial charge in [-0.3, -0.25) is 0 Å². The molecule has 0 aliphatic carbocycles. The number of hydrogen-bond acceptors (Lipinski definition) is 3. The van der Waals surface area contributed by atoms with Crippen LogP contribution in [0.25, 0.3) is 10.8 Å². The number of benzene rings is 2. The second kappa shape index (κ2) is 8.19. The van der Waals surface area contributed by atoms with Crippen molar-refractivity contribution in [2.24, 2.45) is 5.92 Å². The first-order chi connectivity index (χ1) is 11.7. The van der Waals surface area contributed by atoms with Crippen LogP contribution in [-0.2, 0) is 4.74 Å². The van der Waals surface area contributed by atoms with E-state index in [0.717, 1.165) is 25.8 Å². The minimum Gasteiger partial charge on any atom is -0.428 e. The number of carbonyl (C=O) groups is 1. The summed E-state index contributed by atoms with van der Waals surface area (Å²) in [5.74, 6) is 1.20. The Hall–Kier alpha value is -1.60. The van der Waals surface area contributed by atoms with Gasteiger partial charge in [-0.05, 0) is 56.8 Å². The molecule has 2 unspecified atom stereocenters. The van der Waals surface area contributed by atoms with E-state index in [1.54, 1.807) is 0 Å². The van der Waals surface area contributed by atoms with Crippen LogP contribution in [0.4, 0.5) is 4.79 Å². The molecule has 0 spiro atoms. The van der Waals surface area contributed by atoms with Crippen molar-refractivity contribution in [3.05, 3.63) is 42.0 Å². The van der Waals surface area contributed by atoms with Crippen molar-refractivity contribution in [3.8, 4) is 5.75 Å². The molecular formula is C21H29O3P. The highest BCUT2D eigenvalue weighted by atomic mass is 31.1. The number of hydrogen-bond donors (Lipinski definition) is 0. The zero-order chi connectivity index (χ0) is 18.6. The molecule has 0 saturated heterocycles. The summed E-state index contributed by atoms with van der Waals surface area (Å²) in [6.45, 7) is 12.3. The summed E-state index contributed by atoms with van der Waals surface area (Å²) in [7, 11) is 0.835. The molecule has 25 heavy (non-hydrogen) atoms. The summed E-state index contributed by atoms with van der Waals surface area (Å²) in [6, 6.07) is 12.1. The molecule has 4 heteroatoms. The Morgan fingerprint density at radius 3 is 2.32 bits per heavy atom. The summed E-state index contributed by atoms with van der Waals surface area (Å²) in [5, 5.41) is 2.11. The topological polar surface area (TPSA) is 35.5 Å². The van der Waals surface area contributed by atoms with E-state index in [0.29, 0.717) is 17.3 Å². The normalized spacial score (nSPS) is 13.6. The number of carbonyl (C=O) groups excluding carboxylic acids is 1. The van der Waals surface area contributed by atoms with Gasteiger partial charge in [0.25, 0.3) is 0 Å². The van der Waals surface area contributed by atoms with E-state index in [1.807, 2.05) is 45.0 Å². The third-order valence-corrected chi connectivity index (χ3v) is 5.17. The van der Waals surface area contributed by atoms with Gasteiger partial charge in [-0.25, -0.2) is 4.79 Å². The Morgan fingerprint density at radius 1 is 1.08 bits per heavy atom. The van der Waals surface area contributed by atoms with Gasteiger partial charge in [0.15, 0.2) is 0 Å². The lowest BCUT2D eigenvalue weighted by atomic mass is 9.96. The van der Waals surface area contributed by atoms with E-state index >= 15 is 0 Å². The molecule has 2 aromatic rings. The molecule has 0 aliphatic rings. The largest absolute Gasteiger partial charge is 0.514 e. The highest BCUT2D eigenvalue weighted by molar-refractivity contribution is 7.37. The van der Waals surface area contributed by atoms with Gasteiger partial charge >= 0.3 is 6.16 Å². The Kier molecular flexibility index (Phi) is 6.46. The predicted octanol–water partition coefficient (Wildman–Crippen LogP) is 6.55. The summed E-state index contributed by atoms with van der Waals surface area (Å²) in [6.07, 6.45) is 0.493. The zero-order valence-corrected chi connectivity index (χ0v) is 17.1. The van der Waals surface area contributed by atoms with E-state index in [2.05, 4.69) is 32.6 Å². The van der Waals surface area contributed by atoms with Crippen molar-refractivity contribution in [2.45, 2.75) is 52.3 Å². The van der Waals surface area contributed by atoms with E-state index in [4.69, 9.17) is 9.47 Å². The maximum atomic E-state index is 12.0. The number of ether oxygens (including phenoxy) is 2. The minimum atomic E-state index is -0.665. The SMILES string of the molecule is CPC(CC(C)C)c1cccc2c(OC(=O)OC(C)(C)C)cccc12. The molecule has 0 bridgehead atoms. The Bertz CT molecular complexity index is 731. The first-order valence-electron chi connectivity index (χ1n) is 8.81. The fraction of sp³-hybridized carbons (Fsp3) is 0.476. The molecule has 136 valence electrons. The van der Waals surface area contributed by atoms with Crippen LogP contribution in [0.3, 0.4) is 0 Å². The molecule has 0 saturated carbocycles. The highest BCUT2D eigenvalue weighted by Crippen LogP contribution is 2.42. The van der Waals surface area contributed by atoms with E-state index < -0.39 is 11.8 Å². The van der Waals surface area contributed by atoms with Gasteiger partial charge in [-0.2, -0.15) is 0 Å². The smallest absolute Gasteiger partial charge is 0.428 e. The van der Waals surface area contributed by atoms with Crippen molar-refractivity contribution < 1.29 is 14.3 Å². The van der Waals surface area contributed by atoms with Crippen LogP contribution in [0.15, 0.2) is 36.4 Å².